The van der Waals surface area contributed by atoms with Crippen LogP contribution in [0.1, 0.15) is 56.1 Å². The van der Waals surface area contributed by atoms with E-state index in [4.69, 9.17) is 4.99 Å². The molecule has 0 amide bonds. The molecule has 0 unspecified atom stereocenters. The molecule has 1 saturated carbocycles. The molecule has 0 radical (unpaired) electrons. The monoisotopic (exact) mass is 388 g/mol. The van der Waals surface area contributed by atoms with Crippen molar-refractivity contribution in [2.75, 3.05) is 6.54 Å². The average Bonchev–Trinajstić information content (AvgIpc) is 3.26. The number of aromatic nitrogens is 3. The van der Waals surface area contributed by atoms with Gasteiger partial charge < -0.3 is 15.2 Å². The van der Waals surface area contributed by atoms with Crippen LogP contribution < -0.4 is 10.6 Å². The van der Waals surface area contributed by atoms with Crippen molar-refractivity contribution in [1.29, 1.82) is 0 Å². The Balaban J connectivity index is 1.60. The molecule has 27 heavy (non-hydrogen) atoms. The van der Waals surface area contributed by atoms with E-state index in [2.05, 4.69) is 52.2 Å². The van der Waals surface area contributed by atoms with E-state index in [1.807, 2.05) is 18.5 Å². The average molecular weight is 389 g/mol. The Morgan fingerprint density at radius 2 is 2.11 bits per heavy atom. The highest BCUT2D eigenvalue weighted by Crippen LogP contribution is 2.34. The minimum Gasteiger partial charge on any atom is -0.356 e. The normalized spacial score (nSPS) is 17.9. The molecule has 2 aromatic heterocycles. The summed E-state index contributed by atoms with van der Waals surface area (Å²) in [6.07, 6.45) is 5.92. The quantitative estimate of drug-likeness (QED) is 0.588. The zero-order valence-corrected chi connectivity index (χ0v) is 17.8. The zero-order valence-electron chi connectivity index (χ0n) is 17.0. The van der Waals surface area contributed by atoms with E-state index in [9.17, 15) is 0 Å². The smallest absolute Gasteiger partial charge is 0.191 e. The molecule has 0 aliphatic heterocycles. The molecule has 0 atom stereocenters. The molecule has 2 heterocycles. The second-order valence-electron chi connectivity index (χ2n) is 8.23. The first-order valence-corrected chi connectivity index (χ1v) is 10.7. The molecule has 0 bridgehead atoms. The summed E-state index contributed by atoms with van der Waals surface area (Å²) >= 11 is 1.80. The van der Waals surface area contributed by atoms with Gasteiger partial charge in [-0.1, -0.05) is 19.9 Å². The van der Waals surface area contributed by atoms with Crippen molar-refractivity contribution >= 4 is 17.3 Å². The lowest BCUT2D eigenvalue weighted by Crippen LogP contribution is -2.46. The van der Waals surface area contributed by atoms with E-state index >= 15 is 0 Å². The van der Waals surface area contributed by atoms with Crippen LogP contribution in [0.15, 0.2) is 22.5 Å². The van der Waals surface area contributed by atoms with E-state index in [0.29, 0.717) is 18.0 Å². The summed E-state index contributed by atoms with van der Waals surface area (Å²) in [5.74, 6) is 2.68. The van der Waals surface area contributed by atoms with Crippen molar-refractivity contribution < 1.29 is 0 Å². The maximum atomic E-state index is 4.79. The molecular weight excluding hydrogens is 356 g/mol. The van der Waals surface area contributed by atoms with Gasteiger partial charge in [0.25, 0.3) is 0 Å². The molecule has 0 aromatic carbocycles. The van der Waals surface area contributed by atoms with Gasteiger partial charge in [-0.05, 0) is 55.9 Å². The number of hydrogen-bond donors (Lipinski definition) is 2. The van der Waals surface area contributed by atoms with Gasteiger partial charge in [0.15, 0.2) is 11.8 Å². The summed E-state index contributed by atoms with van der Waals surface area (Å²) < 4.78 is 2.00. The highest BCUT2D eigenvalue weighted by Gasteiger charge is 2.27. The van der Waals surface area contributed by atoms with Crippen LogP contribution in [-0.4, -0.2) is 33.3 Å². The number of aliphatic imine (C=N–C) groups is 1. The third-order valence-electron chi connectivity index (χ3n) is 5.49. The Hall–Kier alpha value is -1.89. The van der Waals surface area contributed by atoms with Gasteiger partial charge in [0.2, 0.25) is 0 Å². The van der Waals surface area contributed by atoms with Crippen LogP contribution in [0.25, 0.3) is 0 Å². The van der Waals surface area contributed by atoms with Gasteiger partial charge >= 0.3 is 0 Å². The highest BCUT2D eigenvalue weighted by molar-refractivity contribution is 7.09. The zero-order chi connectivity index (χ0) is 19.3. The summed E-state index contributed by atoms with van der Waals surface area (Å²) in [5.41, 5.74) is 0.470. The number of nitrogens with one attached hydrogen (secondary N) is 2. The topological polar surface area (TPSA) is 67.1 Å². The maximum absolute atomic E-state index is 4.79. The lowest BCUT2D eigenvalue weighted by atomic mass is 9.75. The molecule has 0 saturated heterocycles. The molecule has 0 spiro atoms. The minimum atomic E-state index is 0.470. The largest absolute Gasteiger partial charge is 0.356 e. The SMILES string of the molecule is Cc1nnc(CN=C(NCCc2cccs2)NC2CCC(C)(C)CC2)n1C. The number of aryl methyl sites for hydroxylation is 1. The fourth-order valence-electron chi connectivity index (χ4n) is 3.39. The molecule has 148 valence electrons. The Kier molecular flexibility index (Phi) is 6.52. The lowest BCUT2D eigenvalue weighted by molar-refractivity contribution is 0.216. The summed E-state index contributed by atoms with van der Waals surface area (Å²) in [7, 11) is 1.99. The fourth-order valence-corrected chi connectivity index (χ4v) is 4.10. The van der Waals surface area contributed by atoms with Gasteiger partial charge in [-0.15, -0.1) is 21.5 Å². The van der Waals surface area contributed by atoms with Crippen molar-refractivity contribution in [2.45, 2.75) is 65.5 Å². The molecule has 6 nitrogen and oxygen atoms in total. The maximum Gasteiger partial charge on any atom is 0.191 e. The third kappa shape index (κ3) is 5.79. The molecule has 7 heteroatoms. The predicted octanol–water partition coefficient (Wildman–Crippen LogP) is 3.43. The molecule has 1 aliphatic carbocycles. The number of nitrogens with zero attached hydrogens (tertiary/aromatic N) is 4. The van der Waals surface area contributed by atoms with Gasteiger partial charge in [-0.25, -0.2) is 4.99 Å². The summed E-state index contributed by atoms with van der Waals surface area (Å²) in [6.45, 7) is 8.11. The van der Waals surface area contributed by atoms with E-state index in [-0.39, 0.29) is 0 Å². The van der Waals surface area contributed by atoms with Crippen molar-refractivity contribution in [3.63, 3.8) is 0 Å². The summed E-state index contributed by atoms with van der Waals surface area (Å²) in [4.78, 5) is 6.19. The van der Waals surface area contributed by atoms with Gasteiger partial charge in [0.1, 0.15) is 12.4 Å². The van der Waals surface area contributed by atoms with Gasteiger partial charge in [-0.2, -0.15) is 0 Å². The van der Waals surface area contributed by atoms with Crippen LogP contribution in [0, 0.1) is 12.3 Å². The van der Waals surface area contributed by atoms with Crippen molar-refractivity contribution in [1.82, 2.24) is 25.4 Å². The third-order valence-corrected chi connectivity index (χ3v) is 6.42. The Labute approximate surface area is 166 Å². The lowest BCUT2D eigenvalue weighted by Gasteiger charge is -2.35. The molecule has 1 aliphatic rings. The van der Waals surface area contributed by atoms with Crippen LogP contribution in [0.4, 0.5) is 0 Å². The van der Waals surface area contributed by atoms with Gasteiger partial charge in [0, 0.05) is 24.5 Å². The predicted molar refractivity (Wildman–Crippen MR) is 112 cm³/mol. The second kappa shape index (κ2) is 8.87. The first kappa shape index (κ1) is 19.9. The van der Waals surface area contributed by atoms with Crippen LogP contribution in [0.2, 0.25) is 0 Å². The van der Waals surface area contributed by atoms with Gasteiger partial charge in [0.05, 0.1) is 0 Å². The van der Waals surface area contributed by atoms with Crippen LogP contribution in [0.3, 0.4) is 0 Å². The molecule has 3 rings (SSSR count). The molecule has 2 aromatic rings. The Morgan fingerprint density at radius 1 is 1.33 bits per heavy atom. The number of guanidine groups is 1. The standard InChI is InChI=1S/C20H32N6S/c1-15-24-25-18(26(15)4)14-22-19(21-12-9-17-6-5-13-27-17)23-16-7-10-20(2,3)11-8-16/h5-6,13,16H,7-12,14H2,1-4H3,(H2,21,22,23). The fraction of sp³-hybridized carbons (Fsp3) is 0.650. The first-order valence-electron chi connectivity index (χ1n) is 9.85. The van der Waals surface area contributed by atoms with Crippen LogP contribution >= 0.6 is 11.3 Å². The van der Waals surface area contributed by atoms with E-state index in [1.54, 1.807) is 11.3 Å². The number of rotatable bonds is 6. The van der Waals surface area contributed by atoms with Crippen molar-refractivity contribution in [2.24, 2.45) is 17.5 Å². The Bertz CT molecular complexity index is 737. The number of thiophene rings is 1. The van der Waals surface area contributed by atoms with E-state index in [0.717, 1.165) is 30.6 Å². The highest BCUT2D eigenvalue weighted by atomic mass is 32.1. The molecule has 1 fully saturated rings. The minimum absolute atomic E-state index is 0.470. The van der Waals surface area contributed by atoms with Crippen molar-refractivity contribution in [3.8, 4) is 0 Å². The summed E-state index contributed by atoms with van der Waals surface area (Å²) in [6, 6.07) is 4.78. The first-order chi connectivity index (χ1) is 12.9. The Morgan fingerprint density at radius 3 is 2.74 bits per heavy atom. The second-order valence-corrected chi connectivity index (χ2v) is 9.26. The van der Waals surface area contributed by atoms with Crippen LogP contribution in [-0.2, 0) is 20.0 Å². The number of hydrogen-bond acceptors (Lipinski definition) is 4. The van der Waals surface area contributed by atoms with E-state index in [1.165, 1.54) is 30.6 Å². The van der Waals surface area contributed by atoms with Gasteiger partial charge in [-0.3, -0.25) is 0 Å². The van der Waals surface area contributed by atoms with Crippen molar-refractivity contribution in [3.05, 3.63) is 34.0 Å². The molecular formula is C20H32N6S. The van der Waals surface area contributed by atoms with E-state index < -0.39 is 0 Å². The summed E-state index contributed by atoms with van der Waals surface area (Å²) in [5, 5.41) is 17.6. The van der Waals surface area contributed by atoms with Crippen LogP contribution in [0.5, 0.6) is 0 Å². The molecule has 2 N–H and O–H groups in total.